The highest BCUT2D eigenvalue weighted by molar-refractivity contribution is 7.09. The largest absolute Gasteiger partial charge is 0.486 e. The maximum Gasteiger partial charge on any atom is 0.140 e. The zero-order valence-corrected chi connectivity index (χ0v) is 11.8. The molecule has 0 saturated carbocycles. The Morgan fingerprint density at radius 1 is 1.33 bits per heavy atom. The average Bonchev–Trinajstić information content (AvgIpc) is 2.79. The molecule has 0 bridgehead atoms. The highest BCUT2D eigenvalue weighted by atomic mass is 32.1. The molecular weight excluding hydrogens is 244 g/mol. The predicted molar refractivity (Wildman–Crippen MR) is 75.1 cm³/mol. The lowest BCUT2D eigenvalue weighted by Gasteiger charge is -2.08. The van der Waals surface area contributed by atoms with Crippen LogP contribution in [0.25, 0.3) is 0 Å². The van der Waals surface area contributed by atoms with Gasteiger partial charge in [-0.2, -0.15) is 0 Å². The van der Waals surface area contributed by atoms with E-state index in [2.05, 4.69) is 47.7 Å². The number of ether oxygens (including phenoxy) is 1. The molecule has 96 valence electrons. The molecule has 1 aromatic carbocycles. The van der Waals surface area contributed by atoms with Crippen LogP contribution < -0.4 is 10.1 Å². The van der Waals surface area contributed by atoms with Crippen LogP contribution in [-0.4, -0.2) is 12.0 Å². The Labute approximate surface area is 112 Å². The number of thiazole rings is 1. The first-order valence-electron chi connectivity index (χ1n) is 5.97. The van der Waals surface area contributed by atoms with Crippen LogP contribution in [0.5, 0.6) is 5.75 Å². The molecule has 0 aliphatic rings. The number of nitrogens with zero attached hydrogens (tertiary/aromatic N) is 1. The fourth-order valence-electron chi connectivity index (χ4n) is 1.68. The van der Waals surface area contributed by atoms with Crippen LogP contribution in [0, 0.1) is 13.8 Å². The molecule has 0 atom stereocenters. The highest BCUT2D eigenvalue weighted by Crippen LogP contribution is 2.21. The van der Waals surface area contributed by atoms with Gasteiger partial charge in [0.1, 0.15) is 17.4 Å². The standard InChI is InChI=1S/C14H18N2OS/c1-10-4-5-11(2)13(6-10)17-8-14-16-12(7-15-3)9-18-14/h4-6,9,15H,7-8H2,1-3H3. The summed E-state index contributed by atoms with van der Waals surface area (Å²) >= 11 is 1.64. The third kappa shape index (κ3) is 3.31. The zero-order chi connectivity index (χ0) is 13.0. The Hall–Kier alpha value is -1.39. The van der Waals surface area contributed by atoms with Gasteiger partial charge in [0.15, 0.2) is 0 Å². The first-order chi connectivity index (χ1) is 8.69. The number of hydrogen-bond acceptors (Lipinski definition) is 4. The molecule has 0 aliphatic carbocycles. The van der Waals surface area contributed by atoms with Crippen molar-refractivity contribution >= 4 is 11.3 Å². The van der Waals surface area contributed by atoms with Gasteiger partial charge in [0.2, 0.25) is 0 Å². The number of benzene rings is 1. The van der Waals surface area contributed by atoms with Gasteiger partial charge in [0.05, 0.1) is 5.69 Å². The van der Waals surface area contributed by atoms with E-state index >= 15 is 0 Å². The topological polar surface area (TPSA) is 34.1 Å². The van der Waals surface area contributed by atoms with E-state index in [1.54, 1.807) is 11.3 Å². The molecule has 1 heterocycles. The van der Waals surface area contributed by atoms with Crippen LogP contribution >= 0.6 is 11.3 Å². The van der Waals surface area contributed by atoms with Crippen molar-refractivity contribution in [2.45, 2.75) is 27.0 Å². The molecule has 2 rings (SSSR count). The quantitative estimate of drug-likeness (QED) is 0.899. The van der Waals surface area contributed by atoms with Gasteiger partial charge in [-0.3, -0.25) is 0 Å². The van der Waals surface area contributed by atoms with Crippen LogP contribution in [0.1, 0.15) is 21.8 Å². The van der Waals surface area contributed by atoms with E-state index in [0.29, 0.717) is 6.61 Å². The molecule has 0 amide bonds. The summed E-state index contributed by atoms with van der Waals surface area (Å²) in [4.78, 5) is 4.50. The van der Waals surface area contributed by atoms with E-state index in [4.69, 9.17) is 4.74 Å². The van der Waals surface area contributed by atoms with Gasteiger partial charge in [0, 0.05) is 11.9 Å². The predicted octanol–water partition coefficient (Wildman–Crippen LogP) is 3.06. The third-order valence-corrected chi connectivity index (χ3v) is 3.52. The molecule has 1 aromatic heterocycles. The molecule has 0 saturated heterocycles. The summed E-state index contributed by atoms with van der Waals surface area (Å²) < 4.78 is 5.82. The van der Waals surface area contributed by atoms with E-state index in [0.717, 1.165) is 28.6 Å². The number of aryl methyl sites for hydroxylation is 2. The highest BCUT2D eigenvalue weighted by Gasteiger charge is 2.04. The van der Waals surface area contributed by atoms with Crippen molar-refractivity contribution in [3.63, 3.8) is 0 Å². The minimum Gasteiger partial charge on any atom is -0.486 e. The van der Waals surface area contributed by atoms with Gasteiger partial charge in [-0.1, -0.05) is 12.1 Å². The Bertz CT molecular complexity index is 522. The third-order valence-electron chi connectivity index (χ3n) is 2.65. The van der Waals surface area contributed by atoms with Crippen LogP contribution in [0.15, 0.2) is 23.6 Å². The summed E-state index contributed by atoms with van der Waals surface area (Å²) in [5.74, 6) is 0.945. The Kier molecular flexibility index (Phi) is 4.33. The molecular formula is C14H18N2OS. The first kappa shape index (κ1) is 13.1. The Balaban J connectivity index is 1.99. The second-order valence-electron chi connectivity index (χ2n) is 4.32. The van der Waals surface area contributed by atoms with E-state index in [9.17, 15) is 0 Å². The number of rotatable bonds is 5. The maximum atomic E-state index is 5.82. The molecule has 0 unspecified atom stereocenters. The molecule has 0 aliphatic heterocycles. The van der Waals surface area contributed by atoms with Crippen molar-refractivity contribution in [2.24, 2.45) is 0 Å². The monoisotopic (exact) mass is 262 g/mol. The second kappa shape index (κ2) is 5.98. The molecule has 1 N–H and O–H groups in total. The Morgan fingerprint density at radius 2 is 2.17 bits per heavy atom. The number of nitrogens with one attached hydrogen (secondary N) is 1. The lowest BCUT2D eigenvalue weighted by molar-refractivity contribution is 0.303. The van der Waals surface area contributed by atoms with Gasteiger partial charge in [-0.15, -0.1) is 11.3 Å². The number of aromatic nitrogens is 1. The maximum absolute atomic E-state index is 5.82. The van der Waals surface area contributed by atoms with Crippen molar-refractivity contribution < 1.29 is 4.74 Å². The van der Waals surface area contributed by atoms with Crippen molar-refractivity contribution in [2.75, 3.05) is 7.05 Å². The van der Waals surface area contributed by atoms with Crippen molar-refractivity contribution in [3.05, 3.63) is 45.4 Å². The van der Waals surface area contributed by atoms with Crippen LogP contribution in [0.3, 0.4) is 0 Å². The minimum absolute atomic E-state index is 0.540. The van der Waals surface area contributed by atoms with Gasteiger partial charge < -0.3 is 10.1 Å². The molecule has 0 spiro atoms. The van der Waals surface area contributed by atoms with Crippen molar-refractivity contribution in [3.8, 4) is 5.75 Å². The lowest BCUT2D eigenvalue weighted by atomic mass is 10.1. The summed E-state index contributed by atoms with van der Waals surface area (Å²) in [5, 5.41) is 6.17. The van der Waals surface area contributed by atoms with Crippen molar-refractivity contribution in [1.29, 1.82) is 0 Å². The Morgan fingerprint density at radius 3 is 2.94 bits per heavy atom. The van der Waals surface area contributed by atoms with Crippen LogP contribution in [-0.2, 0) is 13.2 Å². The SMILES string of the molecule is CNCc1csc(COc2cc(C)ccc2C)n1. The summed E-state index contributed by atoms with van der Waals surface area (Å²) in [6.45, 7) is 5.47. The van der Waals surface area contributed by atoms with E-state index in [1.807, 2.05) is 7.05 Å². The van der Waals surface area contributed by atoms with E-state index < -0.39 is 0 Å². The normalized spacial score (nSPS) is 10.6. The summed E-state index contributed by atoms with van der Waals surface area (Å²) in [6, 6.07) is 6.24. The molecule has 0 radical (unpaired) electrons. The summed E-state index contributed by atoms with van der Waals surface area (Å²) in [7, 11) is 1.92. The van der Waals surface area contributed by atoms with Crippen LogP contribution in [0.4, 0.5) is 0 Å². The molecule has 4 heteroatoms. The first-order valence-corrected chi connectivity index (χ1v) is 6.85. The smallest absolute Gasteiger partial charge is 0.140 e. The number of hydrogen-bond donors (Lipinski definition) is 1. The fourth-order valence-corrected chi connectivity index (χ4v) is 2.38. The molecule has 3 nitrogen and oxygen atoms in total. The zero-order valence-electron chi connectivity index (χ0n) is 11.0. The van der Waals surface area contributed by atoms with Crippen LogP contribution in [0.2, 0.25) is 0 Å². The molecule has 2 aromatic rings. The van der Waals surface area contributed by atoms with E-state index in [1.165, 1.54) is 5.56 Å². The van der Waals surface area contributed by atoms with Gasteiger partial charge in [0.25, 0.3) is 0 Å². The molecule has 18 heavy (non-hydrogen) atoms. The van der Waals surface area contributed by atoms with Gasteiger partial charge in [-0.05, 0) is 38.1 Å². The fraction of sp³-hybridized carbons (Fsp3) is 0.357. The minimum atomic E-state index is 0.540. The van der Waals surface area contributed by atoms with Gasteiger partial charge in [-0.25, -0.2) is 4.98 Å². The average molecular weight is 262 g/mol. The summed E-state index contributed by atoms with van der Waals surface area (Å²) in [6.07, 6.45) is 0. The lowest BCUT2D eigenvalue weighted by Crippen LogP contribution is -2.05. The molecule has 0 fully saturated rings. The summed E-state index contributed by atoms with van der Waals surface area (Å²) in [5.41, 5.74) is 3.44. The van der Waals surface area contributed by atoms with E-state index in [-0.39, 0.29) is 0 Å². The van der Waals surface area contributed by atoms with Crippen molar-refractivity contribution in [1.82, 2.24) is 10.3 Å². The van der Waals surface area contributed by atoms with Gasteiger partial charge >= 0.3 is 0 Å². The second-order valence-corrected chi connectivity index (χ2v) is 5.26.